The molecule has 316 valence electrons. The van der Waals surface area contributed by atoms with Crippen LogP contribution in [0.15, 0.2) is 83.9 Å². The molecule has 0 radical (unpaired) electrons. The van der Waals surface area contributed by atoms with Crippen molar-refractivity contribution < 1.29 is 24.2 Å². The molecular weight excluding hydrogens is 895 g/mol. The number of ether oxygens (including phenoxy) is 2. The summed E-state index contributed by atoms with van der Waals surface area (Å²) in [5.74, 6) is 0.622. The van der Waals surface area contributed by atoms with Crippen LogP contribution in [0.3, 0.4) is 0 Å². The lowest BCUT2D eigenvalue weighted by Crippen LogP contribution is -2.51. The number of pyridine rings is 1. The Morgan fingerprint density at radius 3 is 2.47 bits per heavy atom. The van der Waals surface area contributed by atoms with E-state index in [2.05, 4.69) is 36.3 Å². The molecule has 3 aliphatic rings. The number of carbonyl (C=O) groups excluding carboxylic acids is 2. The number of likely N-dealkylation sites (tertiary alicyclic amines) is 1. The Bertz CT molecular complexity index is 2360. The highest BCUT2D eigenvalue weighted by Crippen LogP contribution is 2.41. The molecule has 2 aliphatic heterocycles. The van der Waals surface area contributed by atoms with E-state index < -0.39 is 5.60 Å². The number of hydrogen-bond acceptors (Lipinski definition) is 9. The summed E-state index contributed by atoms with van der Waals surface area (Å²) in [6.45, 7) is 4.21. The first-order valence-electron chi connectivity index (χ1n) is 21.2. The lowest BCUT2D eigenvalue weighted by Gasteiger charge is -2.39. The summed E-state index contributed by atoms with van der Waals surface area (Å²) < 4.78 is 15.6. The molecule has 3 fully saturated rings. The van der Waals surface area contributed by atoms with E-state index in [1.807, 2.05) is 47.4 Å². The van der Waals surface area contributed by atoms with E-state index in [1.54, 1.807) is 30.3 Å². The number of halogens is 2. The predicted octanol–water partition coefficient (Wildman–Crippen LogP) is 7.11. The molecule has 0 spiro atoms. The van der Waals surface area contributed by atoms with Gasteiger partial charge in [-0.2, -0.15) is 0 Å². The third-order valence-corrected chi connectivity index (χ3v) is 13.4. The van der Waals surface area contributed by atoms with Crippen molar-refractivity contribution in [1.29, 1.82) is 0 Å². The van der Waals surface area contributed by atoms with Gasteiger partial charge in [-0.3, -0.25) is 23.9 Å². The van der Waals surface area contributed by atoms with Crippen molar-refractivity contribution in [2.24, 2.45) is 5.92 Å². The van der Waals surface area contributed by atoms with E-state index in [-0.39, 0.29) is 35.9 Å². The maximum atomic E-state index is 14.1. The van der Waals surface area contributed by atoms with Crippen LogP contribution < -0.4 is 15.6 Å². The number of piperidine rings is 2. The maximum Gasteiger partial charge on any atom is 0.261 e. The first-order valence-corrected chi connectivity index (χ1v) is 22.5. The number of nitrogens with zero attached hydrogens (tertiary/aromatic N) is 5. The molecule has 1 aliphatic carbocycles. The van der Waals surface area contributed by atoms with Gasteiger partial charge in [-0.1, -0.05) is 48.0 Å². The van der Waals surface area contributed by atoms with Crippen molar-refractivity contribution in [2.75, 3.05) is 45.9 Å². The number of aromatic nitrogens is 3. The van der Waals surface area contributed by atoms with E-state index >= 15 is 0 Å². The Morgan fingerprint density at radius 2 is 1.70 bits per heavy atom. The molecule has 4 heterocycles. The number of benzene rings is 3. The number of hydrogen-bond donors (Lipinski definition) is 2. The van der Waals surface area contributed by atoms with Gasteiger partial charge in [0, 0.05) is 90.1 Å². The maximum absolute atomic E-state index is 14.1. The number of amides is 2. The topological polar surface area (TPSA) is 139 Å². The van der Waals surface area contributed by atoms with Crippen LogP contribution in [0, 0.1) is 5.92 Å². The summed E-state index contributed by atoms with van der Waals surface area (Å²) in [6, 6.07) is 22.6. The molecule has 8 rings (SSSR count). The fourth-order valence-electron chi connectivity index (χ4n) is 8.38. The monoisotopic (exact) mass is 946 g/mol. The van der Waals surface area contributed by atoms with Gasteiger partial charge in [-0.25, -0.2) is 8.10 Å². The number of fused-ring (bicyclic) bond motifs is 2. The molecule has 12 nitrogen and oxygen atoms in total. The van der Waals surface area contributed by atoms with Crippen LogP contribution in [0.4, 0.5) is 0 Å². The van der Waals surface area contributed by atoms with E-state index in [0.29, 0.717) is 98.1 Å². The Kier molecular flexibility index (Phi) is 13.7. The van der Waals surface area contributed by atoms with Crippen LogP contribution in [0.1, 0.15) is 78.9 Å². The van der Waals surface area contributed by atoms with E-state index in [0.717, 1.165) is 60.9 Å². The lowest BCUT2D eigenvalue weighted by molar-refractivity contribution is -0.140. The van der Waals surface area contributed by atoms with Crippen LogP contribution in [-0.2, 0) is 22.5 Å². The highest BCUT2D eigenvalue weighted by Gasteiger charge is 2.36. The Labute approximate surface area is 369 Å². The average Bonchev–Trinajstić information content (AvgIpc) is 4.11. The quantitative estimate of drug-likeness (QED) is 0.0603. The zero-order chi connectivity index (χ0) is 41.6. The van der Waals surface area contributed by atoms with E-state index in [9.17, 15) is 19.5 Å². The second-order valence-electron chi connectivity index (χ2n) is 16.6. The fraction of sp³-hybridized carbons (Fsp3) is 0.457. The van der Waals surface area contributed by atoms with Gasteiger partial charge in [0.25, 0.3) is 11.5 Å². The molecule has 0 bridgehead atoms. The van der Waals surface area contributed by atoms with E-state index in [1.165, 1.54) is 10.9 Å². The molecule has 60 heavy (non-hydrogen) atoms. The normalized spacial score (nSPS) is 17.8. The second kappa shape index (κ2) is 19.3. The zero-order valence-electron chi connectivity index (χ0n) is 33.7. The standard InChI is InChI=1S/C46H52ClIN6O6/c47-39-28-40(32-8-9-32)51-42-26-33(10-12-37(39)42)43(55)49-18-4-7-34(25-31-5-2-1-3-6-31)44(56)52-21-16-46(58,17-22-52)29-53-30-50-41-27-36(11-13-38(41)45(53)57)60-24-23-59-35-14-19-54(48)20-15-35/h1-3,5-6,10-13,26-28,30,32,34-35,58H,4,7-9,14-25,29H2,(H,49,55)/t34-/m1/s1. The van der Waals surface area contributed by atoms with Gasteiger partial charge in [-0.05, 0) is 93.7 Å². The molecule has 2 amide bonds. The Balaban J connectivity index is 0.836. The number of carbonyl (C=O) groups is 2. The van der Waals surface area contributed by atoms with Gasteiger partial charge in [0.05, 0.1) is 52.6 Å². The van der Waals surface area contributed by atoms with Crippen molar-refractivity contribution in [3.63, 3.8) is 0 Å². The minimum Gasteiger partial charge on any atom is -0.491 e. The third kappa shape index (κ3) is 10.6. The zero-order valence-corrected chi connectivity index (χ0v) is 36.7. The highest BCUT2D eigenvalue weighted by atomic mass is 127. The molecule has 2 saturated heterocycles. The first kappa shape index (κ1) is 42.5. The number of rotatable bonds is 16. The second-order valence-corrected chi connectivity index (χ2v) is 18.3. The van der Waals surface area contributed by atoms with Gasteiger partial charge in [0.15, 0.2) is 0 Å². The van der Waals surface area contributed by atoms with Gasteiger partial charge in [0.1, 0.15) is 12.4 Å². The first-order chi connectivity index (χ1) is 29.1. The molecule has 3 aromatic carbocycles. The van der Waals surface area contributed by atoms with Crippen LogP contribution in [0.5, 0.6) is 5.75 Å². The number of aliphatic hydroxyl groups is 1. The third-order valence-electron chi connectivity index (χ3n) is 12.1. The van der Waals surface area contributed by atoms with E-state index in [4.69, 9.17) is 26.1 Å². The van der Waals surface area contributed by atoms with Crippen molar-refractivity contribution >= 4 is 68.1 Å². The lowest BCUT2D eigenvalue weighted by atomic mass is 9.88. The molecule has 0 unspecified atom stereocenters. The van der Waals surface area contributed by atoms with Crippen LogP contribution in [-0.4, -0.2) is 97.1 Å². The molecular formula is C46H52ClIN6O6. The van der Waals surface area contributed by atoms with Gasteiger partial charge >= 0.3 is 0 Å². The molecule has 14 heteroatoms. The molecule has 1 atom stereocenters. The van der Waals surface area contributed by atoms with Crippen molar-refractivity contribution in [2.45, 2.75) is 82.0 Å². The number of nitrogens with one attached hydrogen (secondary N) is 1. The SMILES string of the molecule is O=C(NCCC[C@H](Cc1ccccc1)C(=O)N1CCC(O)(Cn2cnc3cc(OCCOC4CCN(I)CC4)ccc3c2=O)CC1)c1ccc2c(Cl)cc(C3CC3)nc2c1. The molecule has 2 aromatic heterocycles. The van der Waals surface area contributed by atoms with Crippen LogP contribution in [0.2, 0.25) is 5.02 Å². The summed E-state index contributed by atoms with van der Waals surface area (Å²) in [7, 11) is 0. The van der Waals surface area contributed by atoms with Crippen LogP contribution in [0.25, 0.3) is 21.8 Å². The Hall–Kier alpha value is -4.15. The van der Waals surface area contributed by atoms with Crippen molar-refractivity contribution in [1.82, 2.24) is 27.9 Å². The average molecular weight is 947 g/mol. The largest absolute Gasteiger partial charge is 0.491 e. The summed E-state index contributed by atoms with van der Waals surface area (Å²) >= 11 is 8.89. The summed E-state index contributed by atoms with van der Waals surface area (Å²) in [6.07, 6.45) is 8.45. The van der Waals surface area contributed by atoms with Crippen molar-refractivity contribution in [3.05, 3.63) is 111 Å². The van der Waals surface area contributed by atoms with Gasteiger partial charge in [-0.15, -0.1) is 0 Å². The minimum absolute atomic E-state index is 0.0341. The van der Waals surface area contributed by atoms with Gasteiger partial charge in [0.2, 0.25) is 5.91 Å². The highest BCUT2D eigenvalue weighted by molar-refractivity contribution is 14.1. The summed E-state index contributed by atoms with van der Waals surface area (Å²) in [4.78, 5) is 52.0. The predicted molar refractivity (Wildman–Crippen MR) is 241 cm³/mol. The van der Waals surface area contributed by atoms with Crippen LogP contribution >= 0.6 is 34.5 Å². The molecule has 1 saturated carbocycles. The summed E-state index contributed by atoms with van der Waals surface area (Å²) in [5.41, 5.74) is 2.42. The summed E-state index contributed by atoms with van der Waals surface area (Å²) in [5, 5.41) is 16.7. The van der Waals surface area contributed by atoms with Crippen molar-refractivity contribution in [3.8, 4) is 5.75 Å². The minimum atomic E-state index is -1.17. The fourth-order valence-corrected chi connectivity index (χ4v) is 9.21. The molecule has 5 aromatic rings. The molecule has 2 N–H and O–H groups in total. The smallest absolute Gasteiger partial charge is 0.261 e. The Morgan fingerprint density at radius 1 is 0.933 bits per heavy atom. The van der Waals surface area contributed by atoms with Gasteiger partial charge < -0.3 is 24.8 Å².